The summed E-state index contributed by atoms with van der Waals surface area (Å²) in [5.74, 6) is -1.03. The zero-order valence-electron chi connectivity index (χ0n) is 12.9. The fourth-order valence-electron chi connectivity index (χ4n) is 1.90. The van der Waals surface area contributed by atoms with Crippen molar-refractivity contribution in [2.24, 2.45) is 0 Å². The summed E-state index contributed by atoms with van der Waals surface area (Å²) in [5.41, 5.74) is 1.50. The van der Waals surface area contributed by atoms with Crippen molar-refractivity contribution >= 4 is 28.9 Å². The van der Waals surface area contributed by atoms with Crippen LogP contribution in [0.15, 0.2) is 24.3 Å². The molecule has 1 amide bonds. The number of amides is 1. The highest BCUT2D eigenvalue weighted by Gasteiger charge is 2.22. The van der Waals surface area contributed by atoms with Crippen molar-refractivity contribution in [1.29, 1.82) is 5.26 Å². The molecule has 2 aromatic rings. The largest absolute Gasteiger partial charge is 0.448 e. The maximum Gasteiger partial charge on any atom is 0.351 e. The molecule has 2 rings (SSSR count). The maximum absolute atomic E-state index is 12.1. The van der Waals surface area contributed by atoms with Gasteiger partial charge in [-0.1, -0.05) is 6.07 Å². The summed E-state index contributed by atoms with van der Waals surface area (Å²) in [5, 5.41) is 12.2. The van der Waals surface area contributed by atoms with Crippen molar-refractivity contribution in [2.45, 2.75) is 26.9 Å². The lowest BCUT2D eigenvalue weighted by molar-refractivity contribution is -0.123. The van der Waals surface area contributed by atoms with E-state index in [0.717, 1.165) is 5.01 Å². The van der Waals surface area contributed by atoms with Crippen LogP contribution in [0, 0.1) is 25.2 Å². The Morgan fingerprint density at radius 3 is 2.74 bits per heavy atom. The van der Waals surface area contributed by atoms with Gasteiger partial charge >= 0.3 is 5.97 Å². The number of carbonyl (C=O) groups is 2. The van der Waals surface area contributed by atoms with Crippen molar-refractivity contribution in [3.63, 3.8) is 0 Å². The molecule has 0 unspecified atom stereocenters. The number of nitrogens with zero attached hydrogens (tertiary/aromatic N) is 2. The smallest absolute Gasteiger partial charge is 0.351 e. The van der Waals surface area contributed by atoms with Crippen LogP contribution >= 0.6 is 11.3 Å². The molecule has 7 heteroatoms. The third-order valence-electron chi connectivity index (χ3n) is 3.00. The second-order valence-corrected chi connectivity index (χ2v) is 6.08. The molecule has 0 aliphatic rings. The Hall–Kier alpha value is -2.72. The van der Waals surface area contributed by atoms with Crippen molar-refractivity contribution in [1.82, 2.24) is 4.98 Å². The summed E-state index contributed by atoms with van der Waals surface area (Å²) in [7, 11) is 0. The second-order valence-electron chi connectivity index (χ2n) is 4.88. The molecule has 0 saturated carbocycles. The first-order valence-electron chi connectivity index (χ1n) is 6.86. The van der Waals surface area contributed by atoms with Gasteiger partial charge in [0, 0.05) is 5.69 Å². The van der Waals surface area contributed by atoms with Crippen LogP contribution in [0.25, 0.3) is 0 Å². The van der Waals surface area contributed by atoms with Gasteiger partial charge in [-0.3, -0.25) is 4.79 Å². The minimum Gasteiger partial charge on any atom is -0.448 e. The molecule has 0 aliphatic heterocycles. The number of anilines is 1. The number of ether oxygens (including phenoxy) is 1. The molecular weight excluding hydrogens is 314 g/mol. The highest BCUT2D eigenvalue weighted by molar-refractivity contribution is 7.13. The quantitative estimate of drug-likeness (QED) is 0.871. The van der Waals surface area contributed by atoms with Crippen molar-refractivity contribution < 1.29 is 14.3 Å². The molecule has 6 nitrogen and oxygen atoms in total. The summed E-state index contributed by atoms with van der Waals surface area (Å²) >= 11 is 1.23. The molecule has 1 aromatic heterocycles. The molecule has 118 valence electrons. The van der Waals surface area contributed by atoms with Gasteiger partial charge in [0.15, 0.2) is 6.10 Å². The third kappa shape index (κ3) is 4.14. The zero-order valence-corrected chi connectivity index (χ0v) is 13.7. The van der Waals surface area contributed by atoms with Gasteiger partial charge in [0.1, 0.15) is 4.88 Å². The summed E-state index contributed by atoms with van der Waals surface area (Å²) in [6, 6.07) is 8.49. The predicted octanol–water partition coefficient (Wildman–Crippen LogP) is 2.82. The summed E-state index contributed by atoms with van der Waals surface area (Å²) in [6.07, 6.45) is -0.963. The molecule has 1 N–H and O–H groups in total. The molecule has 0 spiro atoms. The Bertz CT molecular complexity index is 792. The molecule has 1 heterocycles. The number of hydrogen-bond acceptors (Lipinski definition) is 6. The topological polar surface area (TPSA) is 92.1 Å². The Kier molecular flexibility index (Phi) is 5.09. The Balaban J connectivity index is 2.01. The number of nitriles is 1. The SMILES string of the molecule is Cc1nc(C)c(C(=O)O[C@@H](C)C(=O)Nc2cccc(C#N)c2)s1. The highest BCUT2D eigenvalue weighted by Crippen LogP contribution is 2.19. The fourth-order valence-corrected chi connectivity index (χ4v) is 2.70. The van der Waals surface area contributed by atoms with Gasteiger partial charge in [0.2, 0.25) is 0 Å². The molecule has 0 aliphatic carbocycles. The molecule has 0 bridgehead atoms. The van der Waals surface area contributed by atoms with E-state index >= 15 is 0 Å². The normalized spacial score (nSPS) is 11.4. The first kappa shape index (κ1) is 16.6. The Morgan fingerprint density at radius 1 is 1.39 bits per heavy atom. The van der Waals surface area contributed by atoms with Crippen LogP contribution in [-0.2, 0) is 9.53 Å². The number of nitrogens with one attached hydrogen (secondary N) is 1. The lowest BCUT2D eigenvalue weighted by Crippen LogP contribution is -2.30. The van der Waals surface area contributed by atoms with Gasteiger partial charge in [0.25, 0.3) is 5.91 Å². The number of aromatic nitrogens is 1. The predicted molar refractivity (Wildman–Crippen MR) is 86.3 cm³/mol. The minimum atomic E-state index is -0.963. The molecule has 1 atom stereocenters. The number of hydrogen-bond donors (Lipinski definition) is 1. The van der Waals surface area contributed by atoms with E-state index in [1.165, 1.54) is 18.3 Å². The lowest BCUT2D eigenvalue weighted by Gasteiger charge is -2.13. The number of carbonyl (C=O) groups excluding carboxylic acids is 2. The third-order valence-corrected chi connectivity index (χ3v) is 4.05. The number of thiazole rings is 1. The van der Waals surface area contributed by atoms with Crippen LogP contribution in [0.1, 0.15) is 32.9 Å². The minimum absolute atomic E-state index is 0.397. The molecular formula is C16H15N3O3S. The van der Waals surface area contributed by atoms with Gasteiger partial charge in [-0.25, -0.2) is 9.78 Å². The summed E-state index contributed by atoms with van der Waals surface area (Å²) in [6.45, 7) is 5.01. The number of aryl methyl sites for hydroxylation is 2. The maximum atomic E-state index is 12.1. The van der Waals surface area contributed by atoms with Crippen molar-refractivity contribution in [2.75, 3.05) is 5.32 Å². The van der Waals surface area contributed by atoms with Crippen molar-refractivity contribution in [3.05, 3.63) is 45.4 Å². The number of esters is 1. The van der Waals surface area contributed by atoms with E-state index in [1.54, 1.807) is 38.1 Å². The first-order valence-corrected chi connectivity index (χ1v) is 7.68. The van der Waals surface area contributed by atoms with E-state index in [1.807, 2.05) is 6.07 Å². The van der Waals surface area contributed by atoms with Crippen LogP contribution < -0.4 is 5.32 Å². The van der Waals surface area contributed by atoms with E-state index < -0.39 is 18.0 Å². The van der Waals surface area contributed by atoms with E-state index in [0.29, 0.717) is 21.8 Å². The average Bonchev–Trinajstić information content (AvgIpc) is 2.86. The molecule has 0 saturated heterocycles. The summed E-state index contributed by atoms with van der Waals surface area (Å²) in [4.78, 5) is 28.7. The zero-order chi connectivity index (χ0) is 17.0. The van der Waals surface area contributed by atoms with Crippen molar-refractivity contribution in [3.8, 4) is 6.07 Å². The monoisotopic (exact) mass is 329 g/mol. The van der Waals surface area contributed by atoms with Crippen LogP contribution in [0.3, 0.4) is 0 Å². The first-order chi connectivity index (χ1) is 10.9. The van der Waals surface area contributed by atoms with Crippen LogP contribution in [0.2, 0.25) is 0 Å². The van der Waals surface area contributed by atoms with E-state index in [-0.39, 0.29) is 0 Å². The van der Waals surface area contributed by atoms with Crippen LogP contribution in [-0.4, -0.2) is 23.0 Å². The Labute approximate surface area is 137 Å². The van der Waals surface area contributed by atoms with Crippen LogP contribution in [0.5, 0.6) is 0 Å². The fraction of sp³-hybridized carbons (Fsp3) is 0.250. The van der Waals surface area contributed by atoms with E-state index in [2.05, 4.69) is 10.3 Å². The molecule has 0 radical (unpaired) electrons. The number of rotatable bonds is 4. The standard InChI is InChI=1S/C16H15N3O3S/c1-9-14(23-11(3)18-9)16(21)22-10(2)15(20)19-13-6-4-5-12(7-13)8-17/h4-7,10H,1-3H3,(H,19,20)/t10-/m0/s1. The molecule has 1 aromatic carbocycles. The van der Waals surface area contributed by atoms with E-state index in [9.17, 15) is 9.59 Å². The highest BCUT2D eigenvalue weighted by atomic mass is 32.1. The van der Waals surface area contributed by atoms with Crippen LogP contribution in [0.4, 0.5) is 5.69 Å². The van der Waals surface area contributed by atoms with E-state index in [4.69, 9.17) is 10.00 Å². The van der Waals surface area contributed by atoms with Gasteiger partial charge in [0.05, 0.1) is 22.3 Å². The second kappa shape index (κ2) is 7.03. The van der Waals surface area contributed by atoms with Gasteiger partial charge < -0.3 is 10.1 Å². The Morgan fingerprint density at radius 2 is 2.13 bits per heavy atom. The lowest BCUT2D eigenvalue weighted by atomic mass is 10.2. The average molecular weight is 329 g/mol. The van der Waals surface area contributed by atoms with Gasteiger partial charge in [-0.2, -0.15) is 5.26 Å². The van der Waals surface area contributed by atoms with Gasteiger partial charge in [-0.15, -0.1) is 11.3 Å². The number of benzene rings is 1. The molecule has 23 heavy (non-hydrogen) atoms. The van der Waals surface area contributed by atoms with Gasteiger partial charge in [-0.05, 0) is 39.0 Å². The molecule has 0 fully saturated rings. The summed E-state index contributed by atoms with van der Waals surface area (Å²) < 4.78 is 5.18.